The minimum atomic E-state index is -2.68. The Hall–Kier alpha value is -1.74. The van der Waals surface area contributed by atoms with Crippen molar-refractivity contribution in [3.63, 3.8) is 0 Å². The van der Waals surface area contributed by atoms with Gasteiger partial charge in [0.15, 0.2) is 0 Å². The highest BCUT2D eigenvalue weighted by molar-refractivity contribution is 6.76. The van der Waals surface area contributed by atoms with Crippen molar-refractivity contribution in [2.45, 2.75) is 39.0 Å². The maximum Gasteiger partial charge on any atom is 0.333 e. The van der Waals surface area contributed by atoms with Gasteiger partial charge in [-0.15, -0.1) is 0 Å². The molecule has 0 fully saturated rings. The van der Waals surface area contributed by atoms with Gasteiger partial charge in [0.05, 0.1) is 18.1 Å². The standard InChI is InChI=1S/C13H21F2N5OSi/c1-22(2,3)5-4-21-9-19-8-11(16)12(18-19)10-6-17-20(7-10)13(14)15/h6-8,13H,4-5,9,16H2,1-3H3. The third kappa shape index (κ3) is 4.37. The highest BCUT2D eigenvalue weighted by Gasteiger charge is 2.15. The molecule has 6 nitrogen and oxygen atoms in total. The number of nitrogens with two attached hydrogens (primary N) is 1. The number of alkyl halides is 2. The van der Waals surface area contributed by atoms with Gasteiger partial charge in [-0.2, -0.15) is 19.0 Å². The van der Waals surface area contributed by atoms with Gasteiger partial charge < -0.3 is 10.5 Å². The number of ether oxygens (including phenoxy) is 1. The van der Waals surface area contributed by atoms with Gasteiger partial charge in [0, 0.05) is 26.4 Å². The van der Waals surface area contributed by atoms with Gasteiger partial charge in [0.1, 0.15) is 12.4 Å². The molecule has 0 unspecified atom stereocenters. The Balaban J connectivity index is 1.98. The van der Waals surface area contributed by atoms with Gasteiger partial charge in [-0.1, -0.05) is 19.6 Å². The fraction of sp³-hybridized carbons (Fsp3) is 0.538. The van der Waals surface area contributed by atoms with E-state index in [1.807, 2.05) is 0 Å². The predicted octanol–water partition coefficient (Wildman–Crippen LogP) is 3.04. The van der Waals surface area contributed by atoms with Gasteiger partial charge in [-0.3, -0.25) is 0 Å². The van der Waals surface area contributed by atoms with E-state index in [0.29, 0.717) is 28.2 Å². The van der Waals surface area contributed by atoms with Crippen molar-refractivity contribution in [2.75, 3.05) is 12.3 Å². The fourth-order valence-corrected chi connectivity index (χ4v) is 2.59. The lowest BCUT2D eigenvalue weighted by molar-refractivity contribution is 0.0566. The maximum absolute atomic E-state index is 12.5. The quantitative estimate of drug-likeness (QED) is 0.626. The number of nitrogen functional groups attached to an aromatic ring is 1. The molecule has 2 aromatic rings. The van der Waals surface area contributed by atoms with Crippen LogP contribution in [0.3, 0.4) is 0 Å². The molecule has 0 atom stereocenters. The minimum Gasteiger partial charge on any atom is -0.396 e. The molecule has 2 heterocycles. The molecule has 2 N–H and O–H groups in total. The van der Waals surface area contributed by atoms with Gasteiger partial charge in [0.2, 0.25) is 0 Å². The van der Waals surface area contributed by atoms with Gasteiger partial charge in [0.25, 0.3) is 0 Å². The number of hydrogen-bond donors (Lipinski definition) is 1. The van der Waals surface area contributed by atoms with E-state index in [9.17, 15) is 8.78 Å². The molecule has 2 rings (SSSR count). The molecule has 0 aromatic carbocycles. The first-order valence-electron chi connectivity index (χ1n) is 6.99. The molecule has 0 aliphatic heterocycles. The summed E-state index contributed by atoms with van der Waals surface area (Å²) in [5.74, 6) is 0. The lowest BCUT2D eigenvalue weighted by atomic mass is 10.2. The summed E-state index contributed by atoms with van der Waals surface area (Å²) < 4.78 is 32.8. The highest BCUT2D eigenvalue weighted by Crippen LogP contribution is 2.24. The average Bonchev–Trinajstić information content (AvgIpc) is 3.00. The first-order valence-corrected chi connectivity index (χ1v) is 10.7. The molecule has 0 radical (unpaired) electrons. The van der Waals surface area contributed by atoms with Crippen molar-refractivity contribution in [3.05, 3.63) is 18.6 Å². The minimum absolute atomic E-state index is 0.289. The predicted molar refractivity (Wildman–Crippen MR) is 83.2 cm³/mol. The van der Waals surface area contributed by atoms with Crippen LogP contribution in [0.2, 0.25) is 25.7 Å². The van der Waals surface area contributed by atoms with Crippen LogP contribution in [-0.2, 0) is 11.5 Å². The van der Waals surface area contributed by atoms with Crippen LogP contribution in [-0.4, -0.2) is 34.2 Å². The number of aromatic nitrogens is 4. The van der Waals surface area contributed by atoms with E-state index in [2.05, 4.69) is 29.8 Å². The summed E-state index contributed by atoms with van der Waals surface area (Å²) in [5, 5.41) is 7.85. The lowest BCUT2D eigenvalue weighted by Gasteiger charge is -2.15. The van der Waals surface area contributed by atoms with Crippen molar-refractivity contribution in [2.24, 2.45) is 0 Å². The summed E-state index contributed by atoms with van der Waals surface area (Å²) in [5.41, 5.74) is 7.17. The monoisotopic (exact) mass is 329 g/mol. The number of hydrogen-bond acceptors (Lipinski definition) is 4. The third-order valence-electron chi connectivity index (χ3n) is 3.08. The van der Waals surface area contributed by atoms with E-state index in [4.69, 9.17) is 10.5 Å². The largest absolute Gasteiger partial charge is 0.396 e. The molecule has 0 spiro atoms. The first kappa shape index (κ1) is 16.6. The highest BCUT2D eigenvalue weighted by atomic mass is 28.3. The number of nitrogens with zero attached hydrogens (tertiary/aromatic N) is 4. The Bertz CT molecular complexity index is 620. The average molecular weight is 329 g/mol. The zero-order chi connectivity index (χ0) is 16.3. The Morgan fingerprint density at radius 2 is 2.05 bits per heavy atom. The Kier molecular flexibility index (Phi) is 4.96. The van der Waals surface area contributed by atoms with Crippen molar-refractivity contribution in [3.8, 4) is 11.3 Å². The molecule has 0 aliphatic carbocycles. The summed E-state index contributed by atoms with van der Waals surface area (Å²) in [6, 6.07) is 1.07. The van der Waals surface area contributed by atoms with Crippen LogP contribution in [0.15, 0.2) is 18.6 Å². The zero-order valence-corrected chi connectivity index (χ0v) is 14.0. The summed E-state index contributed by atoms with van der Waals surface area (Å²) in [7, 11) is -1.12. The van der Waals surface area contributed by atoms with E-state index in [1.165, 1.54) is 12.4 Å². The van der Waals surface area contributed by atoms with Gasteiger partial charge >= 0.3 is 6.55 Å². The van der Waals surface area contributed by atoms with Crippen LogP contribution in [0.25, 0.3) is 11.3 Å². The molecule has 2 aromatic heterocycles. The van der Waals surface area contributed by atoms with Gasteiger partial charge in [-0.25, -0.2) is 9.36 Å². The number of halogens is 2. The van der Waals surface area contributed by atoms with Crippen LogP contribution < -0.4 is 5.73 Å². The Morgan fingerprint density at radius 3 is 2.64 bits per heavy atom. The fourth-order valence-electron chi connectivity index (χ4n) is 1.83. The third-order valence-corrected chi connectivity index (χ3v) is 4.79. The summed E-state index contributed by atoms with van der Waals surface area (Å²) in [6.07, 6.45) is 4.17. The molecular formula is C13H21F2N5OSi. The van der Waals surface area contributed by atoms with Gasteiger partial charge in [-0.05, 0) is 6.04 Å². The molecular weight excluding hydrogens is 308 g/mol. The van der Waals surface area contributed by atoms with E-state index in [1.54, 1.807) is 10.9 Å². The van der Waals surface area contributed by atoms with E-state index >= 15 is 0 Å². The number of rotatable bonds is 7. The SMILES string of the molecule is C[Si](C)(C)CCOCn1cc(N)c(-c2cnn(C(F)F)c2)n1. The molecule has 9 heteroatoms. The molecule has 0 saturated carbocycles. The number of anilines is 1. The second-order valence-electron chi connectivity index (χ2n) is 6.31. The molecule has 122 valence electrons. The lowest BCUT2D eigenvalue weighted by Crippen LogP contribution is -2.22. The smallest absolute Gasteiger partial charge is 0.333 e. The van der Waals surface area contributed by atoms with Crippen LogP contribution in [0.1, 0.15) is 6.55 Å². The molecule has 0 aliphatic rings. The summed E-state index contributed by atoms with van der Waals surface area (Å²) >= 11 is 0. The zero-order valence-electron chi connectivity index (χ0n) is 13.0. The molecule has 0 amide bonds. The van der Waals surface area contributed by atoms with Crippen LogP contribution >= 0.6 is 0 Å². The summed E-state index contributed by atoms with van der Waals surface area (Å²) in [6.45, 7) is 5.12. The second kappa shape index (κ2) is 6.57. The topological polar surface area (TPSA) is 70.9 Å². The van der Waals surface area contributed by atoms with Crippen LogP contribution in [0.5, 0.6) is 0 Å². The van der Waals surface area contributed by atoms with E-state index < -0.39 is 14.6 Å². The summed E-state index contributed by atoms with van der Waals surface area (Å²) in [4.78, 5) is 0. The van der Waals surface area contributed by atoms with E-state index in [0.717, 1.165) is 6.04 Å². The Morgan fingerprint density at radius 1 is 1.32 bits per heavy atom. The van der Waals surface area contributed by atoms with Crippen molar-refractivity contribution in [1.82, 2.24) is 19.6 Å². The second-order valence-corrected chi connectivity index (χ2v) is 11.9. The molecule has 0 bridgehead atoms. The van der Waals surface area contributed by atoms with E-state index in [-0.39, 0.29) is 6.73 Å². The van der Waals surface area contributed by atoms with Crippen LogP contribution in [0, 0.1) is 0 Å². The van der Waals surface area contributed by atoms with Crippen molar-refractivity contribution < 1.29 is 13.5 Å². The van der Waals surface area contributed by atoms with Crippen LogP contribution in [0.4, 0.5) is 14.5 Å². The first-order chi connectivity index (χ1) is 10.3. The molecule has 0 saturated heterocycles. The normalized spacial score (nSPS) is 12.3. The Labute approximate surface area is 128 Å². The maximum atomic E-state index is 12.5. The molecule has 22 heavy (non-hydrogen) atoms. The van der Waals surface area contributed by atoms with Crippen molar-refractivity contribution >= 4 is 13.8 Å². The van der Waals surface area contributed by atoms with Crippen molar-refractivity contribution in [1.29, 1.82) is 0 Å².